The zero-order valence-electron chi connectivity index (χ0n) is 11.8. The van der Waals surface area contributed by atoms with Crippen molar-refractivity contribution in [2.75, 3.05) is 7.05 Å². The van der Waals surface area contributed by atoms with Gasteiger partial charge in [-0.05, 0) is 30.0 Å². The van der Waals surface area contributed by atoms with Crippen molar-refractivity contribution < 1.29 is 4.79 Å². The fourth-order valence-electron chi connectivity index (χ4n) is 2.02. The van der Waals surface area contributed by atoms with E-state index >= 15 is 0 Å². The molecule has 0 saturated carbocycles. The third-order valence-corrected chi connectivity index (χ3v) is 3.26. The van der Waals surface area contributed by atoms with E-state index in [4.69, 9.17) is 0 Å². The first-order valence-electron chi connectivity index (χ1n) is 6.62. The summed E-state index contributed by atoms with van der Waals surface area (Å²) in [5, 5.41) is 6.17. The Labute approximate surface area is 110 Å². The summed E-state index contributed by atoms with van der Waals surface area (Å²) in [6.45, 7) is 7.52. The smallest absolute Gasteiger partial charge is 0.251 e. The number of hydrogen-bond donors (Lipinski definition) is 2. The van der Waals surface area contributed by atoms with E-state index < -0.39 is 0 Å². The van der Waals surface area contributed by atoms with Gasteiger partial charge in [0.25, 0.3) is 5.91 Å². The van der Waals surface area contributed by atoms with E-state index in [1.54, 1.807) is 7.05 Å². The van der Waals surface area contributed by atoms with Crippen molar-refractivity contribution in [3.05, 3.63) is 35.4 Å². The van der Waals surface area contributed by atoms with Crippen molar-refractivity contribution in [2.45, 2.75) is 39.8 Å². The zero-order chi connectivity index (χ0) is 13.5. The number of amides is 1. The van der Waals surface area contributed by atoms with Crippen LogP contribution in [0, 0.1) is 5.92 Å². The van der Waals surface area contributed by atoms with E-state index in [0.29, 0.717) is 17.5 Å². The first kappa shape index (κ1) is 14.7. The van der Waals surface area contributed by atoms with Crippen molar-refractivity contribution in [1.82, 2.24) is 10.6 Å². The minimum absolute atomic E-state index is 0.0388. The van der Waals surface area contributed by atoms with Gasteiger partial charge in [-0.25, -0.2) is 0 Å². The van der Waals surface area contributed by atoms with Gasteiger partial charge in [0.15, 0.2) is 0 Å². The van der Waals surface area contributed by atoms with Crippen molar-refractivity contribution in [3.63, 3.8) is 0 Å². The molecule has 0 heterocycles. The summed E-state index contributed by atoms with van der Waals surface area (Å²) < 4.78 is 0. The highest BCUT2D eigenvalue weighted by atomic mass is 16.1. The zero-order valence-corrected chi connectivity index (χ0v) is 11.8. The van der Waals surface area contributed by atoms with Crippen LogP contribution < -0.4 is 10.6 Å². The predicted molar refractivity (Wildman–Crippen MR) is 75.6 cm³/mol. The van der Waals surface area contributed by atoms with E-state index in [0.717, 1.165) is 13.0 Å². The maximum Gasteiger partial charge on any atom is 0.251 e. The van der Waals surface area contributed by atoms with E-state index in [1.165, 1.54) is 5.56 Å². The van der Waals surface area contributed by atoms with Crippen molar-refractivity contribution >= 4 is 5.91 Å². The molecule has 0 aliphatic rings. The molecule has 1 aromatic carbocycles. The molecule has 0 spiro atoms. The van der Waals surface area contributed by atoms with Crippen LogP contribution in [0.2, 0.25) is 0 Å². The van der Waals surface area contributed by atoms with Gasteiger partial charge in [0.05, 0.1) is 0 Å². The highest BCUT2D eigenvalue weighted by Gasteiger charge is 2.10. The highest BCUT2D eigenvalue weighted by molar-refractivity contribution is 5.93. The van der Waals surface area contributed by atoms with Gasteiger partial charge in [0, 0.05) is 25.2 Å². The molecule has 1 atom stereocenters. The molecule has 0 aromatic heterocycles. The molecule has 1 rings (SSSR count). The second-order valence-corrected chi connectivity index (χ2v) is 4.92. The van der Waals surface area contributed by atoms with Gasteiger partial charge in [-0.1, -0.05) is 32.9 Å². The third kappa shape index (κ3) is 4.15. The average Bonchev–Trinajstić information content (AvgIpc) is 2.39. The molecule has 3 nitrogen and oxygen atoms in total. The normalized spacial score (nSPS) is 12.5. The fourth-order valence-corrected chi connectivity index (χ4v) is 2.02. The van der Waals surface area contributed by atoms with E-state index in [-0.39, 0.29) is 5.91 Å². The van der Waals surface area contributed by atoms with Gasteiger partial charge in [-0.3, -0.25) is 4.79 Å². The Balaban J connectivity index is 2.56. The van der Waals surface area contributed by atoms with Crippen molar-refractivity contribution in [2.24, 2.45) is 5.92 Å². The van der Waals surface area contributed by atoms with Gasteiger partial charge in [-0.2, -0.15) is 0 Å². The van der Waals surface area contributed by atoms with Crippen LogP contribution in [-0.2, 0) is 6.54 Å². The summed E-state index contributed by atoms with van der Waals surface area (Å²) in [7, 11) is 1.65. The standard InChI is InChI=1S/C15H24N2O/c1-5-14(11(2)3)17-10-12-6-8-13(9-7-12)15(18)16-4/h6-9,11,14,17H,5,10H2,1-4H3,(H,16,18). The Morgan fingerprint density at radius 2 is 1.83 bits per heavy atom. The average molecular weight is 248 g/mol. The van der Waals surface area contributed by atoms with Gasteiger partial charge >= 0.3 is 0 Å². The SMILES string of the molecule is CCC(NCc1ccc(C(=O)NC)cc1)C(C)C. The van der Waals surface area contributed by atoms with E-state index in [9.17, 15) is 4.79 Å². The Hall–Kier alpha value is -1.35. The van der Waals surface area contributed by atoms with Gasteiger partial charge in [-0.15, -0.1) is 0 Å². The highest BCUT2D eigenvalue weighted by Crippen LogP contribution is 2.08. The summed E-state index contributed by atoms with van der Waals surface area (Å²) in [6.07, 6.45) is 1.13. The molecule has 1 aromatic rings. The molecule has 2 N–H and O–H groups in total. The lowest BCUT2D eigenvalue weighted by molar-refractivity contribution is 0.0963. The van der Waals surface area contributed by atoms with E-state index in [2.05, 4.69) is 31.4 Å². The minimum Gasteiger partial charge on any atom is -0.355 e. The maximum atomic E-state index is 11.4. The molecule has 3 heteroatoms. The molecule has 0 saturated heterocycles. The van der Waals surface area contributed by atoms with Crippen molar-refractivity contribution in [1.29, 1.82) is 0 Å². The van der Waals surface area contributed by atoms with Crippen LogP contribution in [-0.4, -0.2) is 19.0 Å². The molecular weight excluding hydrogens is 224 g/mol. The first-order chi connectivity index (χ1) is 8.58. The lowest BCUT2D eigenvalue weighted by Crippen LogP contribution is -2.32. The molecule has 18 heavy (non-hydrogen) atoms. The largest absolute Gasteiger partial charge is 0.355 e. The third-order valence-electron chi connectivity index (χ3n) is 3.26. The Morgan fingerprint density at radius 1 is 1.22 bits per heavy atom. The molecule has 0 aliphatic heterocycles. The number of carbonyl (C=O) groups is 1. The minimum atomic E-state index is -0.0388. The summed E-state index contributed by atoms with van der Waals surface area (Å²) in [6, 6.07) is 8.29. The number of rotatable bonds is 6. The Morgan fingerprint density at radius 3 is 2.28 bits per heavy atom. The number of hydrogen-bond acceptors (Lipinski definition) is 2. The Bertz CT molecular complexity index is 371. The van der Waals surface area contributed by atoms with E-state index in [1.807, 2.05) is 24.3 Å². The second-order valence-electron chi connectivity index (χ2n) is 4.92. The predicted octanol–water partition coefficient (Wildman–Crippen LogP) is 2.57. The topological polar surface area (TPSA) is 41.1 Å². The number of carbonyl (C=O) groups excluding carboxylic acids is 1. The molecular formula is C15H24N2O. The van der Waals surface area contributed by atoms with Crippen molar-refractivity contribution in [3.8, 4) is 0 Å². The lowest BCUT2D eigenvalue weighted by atomic mass is 10.0. The lowest BCUT2D eigenvalue weighted by Gasteiger charge is -2.20. The molecule has 1 amide bonds. The Kier molecular flexibility index (Phi) is 5.86. The van der Waals surface area contributed by atoms with Crippen LogP contribution in [0.3, 0.4) is 0 Å². The second kappa shape index (κ2) is 7.17. The van der Waals surface area contributed by atoms with Crippen LogP contribution in [0.5, 0.6) is 0 Å². The molecule has 0 bridgehead atoms. The van der Waals surface area contributed by atoms with Crippen LogP contribution in [0.25, 0.3) is 0 Å². The summed E-state index contributed by atoms with van der Waals surface area (Å²) in [4.78, 5) is 11.4. The van der Waals surface area contributed by atoms with Crippen LogP contribution in [0.4, 0.5) is 0 Å². The van der Waals surface area contributed by atoms with Gasteiger partial charge in [0.1, 0.15) is 0 Å². The molecule has 0 aliphatic carbocycles. The summed E-state index contributed by atoms with van der Waals surface area (Å²) >= 11 is 0. The van der Waals surface area contributed by atoms with Crippen LogP contribution in [0.1, 0.15) is 43.1 Å². The molecule has 100 valence electrons. The number of benzene rings is 1. The van der Waals surface area contributed by atoms with Crippen LogP contribution in [0.15, 0.2) is 24.3 Å². The monoisotopic (exact) mass is 248 g/mol. The molecule has 0 fully saturated rings. The van der Waals surface area contributed by atoms with Gasteiger partial charge < -0.3 is 10.6 Å². The maximum absolute atomic E-state index is 11.4. The quantitative estimate of drug-likeness (QED) is 0.812. The van der Waals surface area contributed by atoms with Crippen LogP contribution >= 0.6 is 0 Å². The molecule has 1 unspecified atom stereocenters. The number of nitrogens with one attached hydrogen (secondary N) is 2. The van der Waals surface area contributed by atoms with Gasteiger partial charge in [0.2, 0.25) is 0 Å². The summed E-state index contributed by atoms with van der Waals surface area (Å²) in [5.74, 6) is 0.600. The fraction of sp³-hybridized carbons (Fsp3) is 0.533. The molecule has 0 radical (unpaired) electrons. The first-order valence-corrected chi connectivity index (χ1v) is 6.62. The summed E-state index contributed by atoms with van der Waals surface area (Å²) in [5.41, 5.74) is 1.92.